The van der Waals surface area contributed by atoms with Crippen LogP contribution in [0.3, 0.4) is 0 Å². The van der Waals surface area contributed by atoms with Gasteiger partial charge in [-0.25, -0.2) is 0 Å². The van der Waals surface area contributed by atoms with Crippen molar-refractivity contribution >= 4 is 17.7 Å². The predicted octanol–water partition coefficient (Wildman–Crippen LogP) is -0.867. The van der Waals surface area contributed by atoms with Crippen LogP contribution in [0, 0.1) is 0 Å². The molecule has 0 aliphatic rings. The predicted molar refractivity (Wildman–Crippen MR) is 58.0 cm³/mol. The average molecular weight is 223 g/mol. The summed E-state index contributed by atoms with van der Waals surface area (Å²) in [6.45, 7) is 0. The molecule has 0 saturated carbocycles. The van der Waals surface area contributed by atoms with Crippen LogP contribution in [0.1, 0.15) is 16.8 Å². The number of carbonyl (C=O) groups is 3. The summed E-state index contributed by atoms with van der Waals surface area (Å²) in [6.07, 6.45) is -0.361. The lowest BCUT2D eigenvalue weighted by molar-refractivity contribution is -0.125. The van der Waals surface area contributed by atoms with Crippen molar-refractivity contribution in [1.29, 1.82) is 0 Å². The SMILES string of the molecule is NC(=O)CC(N)=O.NC(=O)c1ccccc1. The number of benzene rings is 1. The molecule has 0 heterocycles. The molecule has 0 radical (unpaired) electrons. The standard InChI is InChI=1S/C7H7NO.C3H6N2O2/c8-7(9)6-4-2-1-3-5-6;4-2(6)1-3(5)7/h1-5H,(H2,8,9);1H2,(H2,4,6)(H2,5,7). The third-order valence-electron chi connectivity index (χ3n) is 1.41. The first-order valence-corrected chi connectivity index (χ1v) is 4.35. The van der Waals surface area contributed by atoms with Gasteiger partial charge >= 0.3 is 0 Å². The highest BCUT2D eigenvalue weighted by molar-refractivity contribution is 5.95. The first-order valence-electron chi connectivity index (χ1n) is 4.35. The fraction of sp³-hybridized carbons (Fsp3) is 0.100. The number of carbonyl (C=O) groups excluding carboxylic acids is 3. The highest BCUT2D eigenvalue weighted by Gasteiger charge is 1.96. The van der Waals surface area contributed by atoms with Crippen molar-refractivity contribution in [3.8, 4) is 0 Å². The smallest absolute Gasteiger partial charge is 0.248 e. The van der Waals surface area contributed by atoms with Gasteiger partial charge in [-0.3, -0.25) is 14.4 Å². The molecule has 0 saturated heterocycles. The van der Waals surface area contributed by atoms with E-state index in [-0.39, 0.29) is 12.3 Å². The Kier molecular flexibility index (Phi) is 5.96. The third kappa shape index (κ3) is 7.07. The van der Waals surface area contributed by atoms with Gasteiger partial charge in [-0.2, -0.15) is 0 Å². The van der Waals surface area contributed by atoms with E-state index in [0.717, 1.165) is 0 Å². The molecule has 1 rings (SSSR count). The molecule has 0 spiro atoms. The van der Waals surface area contributed by atoms with Crippen molar-refractivity contribution in [1.82, 2.24) is 0 Å². The topological polar surface area (TPSA) is 129 Å². The molecule has 1 aromatic carbocycles. The Balaban J connectivity index is 0.000000293. The molecule has 0 atom stereocenters. The lowest BCUT2D eigenvalue weighted by Gasteiger charge is -1.89. The first-order chi connectivity index (χ1) is 7.43. The van der Waals surface area contributed by atoms with Gasteiger partial charge in [-0.1, -0.05) is 18.2 Å². The molecule has 6 nitrogen and oxygen atoms in total. The molecular formula is C10H13N3O3. The number of hydrogen-bond acceptors (Lipinski definition) is 3. The molecular weight excluding hydrogens is 210 g/mol. The normalized spacial score (nSPS) is 8.50. The van der Waals surface area contributed by atoms with Crippen LogP contribution in [0.5, 0.6) is 0 Å². The lowest BCUT2D eigenvalue weighted by Crippen LogP contribution is -2.21. The van der Waals surface area contributed by atoms with Gasteiger partial charge < -0.3 is 17.2 Å². The zero-order chi connectivity index (χ0) is 12.6. The van der Waals surface area contributed by atoms with E-state index in [1.807, 2.05) is 6.07 Å². The van der Waals surface area contributed by atoms with Crippen LogP contribution >= 0.6 is 0 Å². The number of rotatable bonds is 3. The van der Waals surface area contributed by atoms with Crippen molar-refractivity contribution < 1.29 is 14.4 Å². The van der Waals surface area contributed by atoms with E-state index >= 15 is 0 Å². The van der Waals surface area contributed by atoms with Crippen molar-refractivity contribution in [2.24, 2.45) is 17.2 Å². The Bertz CT molecular complexity index is 364. The molecule has 6 heteroatoms. The van der Waals surface area contributed by atoms with Crippen LogP contribution in [0.15, 0.2) is 30.3 Å². The summed E-state index contributed by atoms with van der Waals surface area (Å²) in [7, 11) is 0. The fourth-order valence-corrected chi connectivity index (χ4v) is 0.774. The van der Waals surface area contributed by atoms with Gasteiger partial charge in [-0.15, -0.1) is 0 Å². The van der Waals surface area contributed by atoms with E-state index in [4.69, 9.17) is 5.73 Å². The Morgan fingerprint density at radius 2 is 1.31 bits per heavy atom. The summed E-state index contributed by atoms with van der Waals surface area (Å²) in [6, 6.07) is 8.76. The average Bonchev–Trinajstić information content (AvgIpc) is 2.17. The second-order valence-electron chi connectivity index (χ2n) is 2.84. The zero-order valence-corrected chi connectivity index (χ0v) is 8.55. The molecule has 0 aromatic heterocycles. The van der Waals surface area contributed by atoms with E-state index in [1.165, 1.54) is 0 Å². The Morgan fingerprint density at radius 1 is 0.875 bits per heavy atom. The summed E-state index contributed by atoms with van der Waals surface area (Å²) in [5.41, 5.74) is 14.6. The number of hydrogen-bond donors (Lipinski definition) is 3. The monoisotopic (exact) mass is 223 g/mol. The maximum Gasteiger partial charge on any atom is 0.248 e. The van der Waals surface area contributed by atoms with E-state index in [9.17, 15) is 14.4 Å². The summed E-state index contributed by atoms with van der Waals surface area (Å²) in [4.78, 5) is 29.9. The van der Waals surface area contributed by atoms with E-state index in [0.29, 0.717) is 5.56 Å². The summed E-state index contributed by atoms with van der Waals surface area (Å²) < 4.78 is 0. The summed E-state index contributed by atoms with van der Waals surface area (Å²) in [5.74, 6) is -1.75. The lowest BCUT2D eigenvalue weighted by atomic mass is 10.2. The second-order valence-corrected chi connectivity index (χ2v) is 2.84. The van der Waals surface area contributed by atoms with Crippen LogP contribution in [0.25, 0.3) is 0 Å². The Hall–Kier alpha value is -2.37. The van der Waals surface area contributed by atoms with Crippen LogP contribution in [-0.4, -0.2) is 17.7 Å². The van der Waals surface area contributed by atoms with Gasteiger partial charge in [0.05, 0.1) is 0 Å². The highest BCUT2D eigenvalue weighted by atomic mass is 16.2. The van der Waals surface area contributed by atoms with Crippen LogP contribution < -0.4 is 17.2 Å². The third-order valence-corrected chi connectivity index (χ3v) is 1.41. The maximum absolute atomic E-state index is 10.4. The van der Waals surface area contributed by atoms with E-state index < -0.39 is 11.8 Å². The van der Waals surface area contributed by atoms with Gasteiger partial charge in [0.2, 0.25) is 17.7 Å². The van der Waals surface area contributed by atoms with Crippen LogP contribution in [0.4, 0.5) is 0 Å². The van der Waals surface area contributed by atoms with Crippen LogP contribution in [-0.2, 0) is 9.59 Å². The fourth-order valence-electron chi connectivity index (χ4n) is 0.774. The zero-order valence-electron chi connectivity index (χ0n) is 8.55. The molecule has 0 aliphatic heterocycles. The summed E-state index contributed by atoms with van der Waals surface area (Å²) in [5, 5.41) is 0. The van der Waals surface area contributed by atoms with Crippen molar-refractivity contribution in [2.75, 3.05) is 0 Å². The highest BCUT2D eigenvalue weighted by Crippen LogP contribution is 1.94. The molecule has 3 amide bonds. The van der Waals surface area contributed by atoms with Gasteiger partial charge in [0, 0.05) is 5.56 Å². The maximum atomic E-state index is 10.4. The van der Waals surface area contributed by atoms with Gasteiger partial charge in [0.15, 0.2) is 0 Å². The number of nitrogens with two attached hydrogens (primary N) is 3. The molecule has 0 aliphatic carbocycles. The molecule has 0 bridgehead atoms. The quantitative estimate of drug-likeness (QED) is 0.576. The molecule has 86 valence electrons. The second kappa shape index (κ2) is 6.99. The molecule has 0 fully saturated rings. The molecule has 1 aromatic rings. The minimum Gasteiger partial charge on any atom is -0.369 e. The minimum atomic E-state index is -0.687. The van der Waals surface area contributed by atoms with Gasteiger partial charge in [0.1, 0.15) is 6.42 Å². The number of primary amides is 3. The molecule has 6 N–H and O–H groups in total. The van der Waals surface area contributed by atoms with E-state index in [2.05, 4.69) is 11.5 Å². The summed E-state index contributed by atoms with van der Waals surface area (Å²) >= 11 is 0. The first kappa shape index (κ1) is 13.6. The minimum absolute atomic E-state index is 0.361. The van der Waals surface area contributed by atoms with Crippen molar-refractivity contribution in [2.45, 2.75) is 6.42 Å². The van der Waals surface area contributed by atoms with E-state index in [1.54, 1.807) is 24.3 Å². The Morgan fingerprint density at radius 3 is 1.50 bits per heavy atom. The van der Waals surface area contributed by atoms with Crippen molar-refractivity contribution in [3.63, 3.8) is 0 Å². The van der Waals surface area contributed by atoms with Crippen LogP contribution in [0.2, 0.25) is 0 Å². The molecule has 16 heavy (non-hydrogen) atoms. The molecule has 0 unspecified atom stereocenters. The Labute approximate surface area is 92.4 Å². The van der Waals surface area contributed by atoms with Crippen molar-refractivity contribution in [3.05, 3.63) is 35.9 Å². The van der Waals surface area contributed by atoms with Gasteiger partial charge in [-0.05, 0) is 12.1 Å². The largest absolute Gasteiger partial charge is 0.369 e. The van der Waals surface area contributed by atoms with Gasteiger partial charge in [0.25, 0.3) is 0 Å². The number of amides is 3.